The van der Waals surface area contributed by atoms with Crippen molar-refractivity contribution in [1.82, 2.24) is 14.8 Å². The number of nitriles is 1. The van der Waals surface area contributed by atoms with Crippen molar-refractivity contribution in [1.29, 1.82) is 5.26 Å². The molecule has 8 heteroatoms. The maximum absolute atomic E-state index is 13.7. The summed E-state index contributed by atoms with van der Waals surface area (Å²) in [4.78, 5) is 18.8. The standard InChI is InChI=1S/C25H24F2N4O2/c26-21-10-19(11-22(27)12-21)24-7-8-33-31(24)25(32)18-4-1-16(2-5-18)14-30-15-20-9-17(13-28)3-6-23(20)29-30/h3,6,9-12,15-16,18,24H,1-2,4-5,7-8,14H2/t16?,18?,24-/m0/s1. The van der Waals surface area contributed by atoms with Crippen LogP contribution in [0.1, 0.15) is 49.3 Å². The second kappa shape index (κ2) is 8.91. The number of hydrogen-bond acceptors (Lipinski definition) is 4. The molecule has 170 valence electrons. The van der Waals surface area contributed by atoms with Gasteiger partial charge in [-0.1, -0.05) is 0 Å². The monoisotopic (exact) mass is 450 g/mol. The number of carbonyl (C=O) groups excluding carboxylic acids is 1. The fraction of sp³-hybridized carbons (Fsp3) is 0.400. The summed E-state index contributed by atoms with van der Waals surface area (Å²) in [6.45, 7) is 1.12. The van der Waals surface area contributed by atoms with Crippen LogP contribution in [-0.2, 0) is 16.2 Å². The van der Waals surface area contributed by atoms with E-state index >= 15 is 0 Å². The van der Waals surface area contributed by atoms with E-state index < -0.39 is 17.7 Å². The van der Waals surface area contributed by atoms with E-state index in [0.29, 0.717) is 30.1 Å². The lowest BCUT2D eigenvalue weighted by molar-refractivity contribution is -0.183. The predicted octanol–water partition coefficient (Wildman–Crippen LogP) is 4.90. The maximum Gasteiger partial charge on any atom is 0.249 e. The van der Waals surface area contributed by atoms with Crippen LogP contribution < -0.4 is 0 Å². The summed E-state index contributed by atoms with van der Waals surface area (Å²) in [5.74, 6) is -1.16. The molecule has 1 saturated heterocycles. The Balaban J connectivity index is 1.21. The van der Waals surface area contributed by atoms with Gasteiger partial charge in [0.2, 0.25) is 5.91 Å². The molecule has 5 rings (SSSR count). The van der Waals surface area contributed by atoms with Crippen LogP contribution in [0.25, 0.3) is 10.9 Å². The second-order valence-electron chi connectivity index (χ2n) is 8.96. The van der Waals surface area contributed by atoms with Gasteiger partial charge < -0.3 is 0 Å². The molecule has 6 nitrogen and oxygen atoms in total. The number of nitrogens with zero attached hydrogens (tertiary/aromatic N) is 4. The Morgan fingerprint density at radius 3 is 2.58 bits per heavy atom. The van der Waals surface area contributed by atoms with Crippen molar-refractivity contribution in [3.05, 3.63) is 65.4 Å². The lowest BCUT2D eigenvalue weighted by Crippen LogP contribution is -2.37. The first-order valence-corrected chi connectivity index (χ1v) is 11.3. The molecule has 2 aromatic carbocycles. The number of fused-ring (bicyclic) bond motifs is 1. The Labute approximate surface area is 190 Å². The molecule has 1 amide bonds. The zero-order valence-corrected chi connectivity index (χ0v) is 18.1. The van der Waals surface area contributed by atoms with Crippen molar-refractivity contribution in [3.63, 3.8) is 0 Å². The van der Waals surface area contributed by atoms with E-state index in [-0.39, 0.29) is 11.8 Å². The summed E-state index contributed by atoms with van der Waals surface area (Å²) in [7, 11) is 0. The lowest BCUT2D eigenvalue weighted by Gasteiger charge is -2.32. The van der Waals surface area contributed by atoms with Gasteiger partial charge in [-0.25, -0.2) is 13.8 Å². The predicted molar refractivity (Wildman–Crippen MR) is 116 cm³/mol. The number of hydroxylamine groups is 2. The van der Waals surface area contributed by atoms with Crippen molar-refractivity contribution in [2.24, 2.45) is 11.8 Å². The SMILES string of the molecule is N#Cc1ccc2nn(CC3CCC(C(=O)N4OCC[C@H]4c4cc(F)cc(F)c4)CC3)cc2c1. The molecule has 2 heterocycles. The number of carbonyl (C=O) groups is 1. The van der Waals surface area contributed by atoms with Gasteiger partial charge in [-0.15, -0.1) is 0 Å². The van der Waals surface area contributed by atoms with E-state index in [4.69, 9.17) is 10.1 Å². The molecular formula is C25H24F2N4O2. The van der Waals surface area contributed by atoms with Crippen molar-refractivity contribution in [2.75, 3.05) is 6.61 Å². The first-order valence-electron chi connectivity index (χ1n) is 11.3. The lowest BCUT2D eigenvalue weighted by atomic mass is 9.81. The molecule has 3 aromatic rings. The largest absolute Gasteiger partial charge is 0.272 e. The summed E-state index contributed by atoms with van der Waals surface area (Å²) in [6, 6.07) is 10.5. The Kier molecular flexibility index (Phi) is 5.81. The number of amides is 1. The molecule has 1 aliphatic heterocycles. The number of hydrogen-bond donors (Lipinski definition) is 0. The van der Waals surface area contributed by atoms with Crippen LogP contribution in [0.2, 0.25) is 0 Å². The minimum absolute atomic E-state index is 0.102. The summed E-state index contributed by atoms with van der Waals surface area (Å²) < 4.78 is 29.3. The molecule has 1 aliphatic carbocycles. The summed E-state index contributed by atoms with van der Waals surface area (Å²) in [6.07, 6.45) is 5.75. The Hall–Kier alpha value is -3.31. The van der Waals surface area contributed by atoms with E-state index in [0.717, 1.165) is 49.2 Å². The third-order valence-electron chi connectivity index (χ3n) is 6.71. The summed E-state index contributed by atoms with van der Waals surface area (Å²) >= 11 is 0. The molecule has 0 N–H and O–H groups in total. The van der Waals surface area contributed by atoms with Gasteiger partial charge in [-0.05, 0) is 67.5 Å². The molecule has 2 aliphatic rings. The highest BCUT2D eigenvalue weighted by Crippen LogP contribution is 2.37. The quantitative estimate of drug-likeness (QED) is 0.567. The van der Waals surface area contributed by atoms with Gasteiger partial charge in [0.25, 0.3) is 0 Å². The molecule has 2 fully saturated rings. The molecule has 0 bridgehead atoms. The van der Waals surface area contributed by atoms with Crippen molar-refractivity contribution < 1.29 is 18.4 Å². The van der Waals surface area contributed by atoms with E-state index in [1.165, 1.54) is 17.2 Å². The Bertz CT molecular complexity index is 1210. The van der Waals surface area contributed by atoms with Crippen LogP contribution >= 0.6 is 0 Å². The maximum atomic E-state index is 13.7. The average molecular weight is 450 g/mol. The minimum Gasteiger partial charge on any atom is -0.272 e. The highest BCUT2D eigenvalue weighted by molar-refractivity contribution is 5.79. The fourth-order valence-electron chi connectivity index (χ4n) is 5.03. The number of benzene rings is 2. The summed E-state index contributed by atoms with van der Waals surface area (Å²) in [5.41, 5.74) is 1.91. The van der Waals surface area contributed by atoms with Crippen molar-refractivity contribution in [2.45, 2.75) is 44.7 Å². The second-order valence-corrected chi connectivity index (χ2v) is 8.96. The van der Waals surface area contributed by atoms with Crippen LogP contribution in [0, 0.1) is 34.8 Å². The number of aromatic nitrogens is 2. The summed E-state index contributed by atoms with van der Waals surface area (Å²) in [5, 5.41) is 16.0. The van der Waals surface area contributed by atoms with Crippen LogP contribution in [0.15, 0.2) is 42.6 Å². The first-order chi connectivity index (χ1) is 16.0. The van der Waals surface area contributed by atoms with E-state index in [2.05, 4.69) is 11.2 Å². The van der Waals surface area contributed by atoms with Gasteiger partial charge in [-0.3, -0.25) is 14.3 Å². The molecule has 1 aromatic heterocycles. The van der Waals surface area contributed by atoms with Crippen LogP contribution in [0.3, 0.4) is 0 Å². The highest BCUT2D eigenvalue weighted by Gasteiger charge is 2.37. The molecule has 0 spiro atoms. The normalized spacial score (nSPS) is 23.1. The van der Waals surface area contributed by atoms with E-state index in [9.17, 15) is 13.6 Å². The zero-order valence-electron chi connectivity index (χ0n) is 18.1. The third kappa shape index (κ3) is 4.46. The van der Waals surface area contributed by atoms with Crippen molar-refractivity contribution >= 4 is 16.8 Å². The molecule has 1 saturated carbocycles. The Morgan fingerprint density at radius 2 is 1.85 bits per heavy atom. The average Bonchev–Trinajstić information content (AvgIpc) is 3.44. The van der Waals surface area contributed by atoms with Crippen LogP contribution in [0.4, 0.5) is 8.78 Å². The minimum atomic E-state index is -0.653. The van der Waals surface area contributed by atoms with Crippen LogP contribution in [0.5, 0.6) is 0 Å². The third-order valence-corrected chi connectivity index (χ3v) is 6.71. The van der Waals surface area contributed by atoms with E-state index in [1.807, 2.05) is 23.0 Å². The first kappa shape index (κ1) is 21.5. The molecular weight excluding hydrogens is 426 g/mol. The topological polar surface area (TPSA) is 71.2 Å². The molecule has 0 unspecified atom stereocenters. The Morgan fingerprint density at radius 1 is 1.09 bits per heavy atom. The number of halogens is 2. The van der Waals surface area contributed by atoms with Crippen LogP contribution in [-0.4, -0.2) is 27.4 Å². The highest BCUT2D eigenvalue weighted by atomic mass is 19.1. The van der Waals surface area contributed by atoms with Gasteiger partial charge >= 0.3 is 0 Å². The van der Waals surface area contributed by atoms with Gasteiger partial charge in [-0.2, -0.15) is 10.4 Å². The number of rotatable bonds is 4. The molecule has 33 heavy (non-hydrogen) atoms. The van der Waals surface area contributed by atoms with Gasteiger partial charge in [0.1, 0.15) is 11.6 Å². The van der Waals surface area contributed by atoms with Gasteiger partial charge in [0.05, 0.1) is 29.8 Å². The van der Waals surface area contributed by atoms with Gasteiger partial charge in [0.15, 0.2) is 0 Å². The van der Waals surface area contributed by atoms with Gasteiger partial charge in [0, 0.05) is 36.5 Å². The fourth-order valence-corrected chi connectivity index (χ4v) is 5.03. The smallest absolute Gasteiger partial charge is 0.249 e. The zero-order chi connectivity index (χ0) is 22.9. The van der Waals surface area contributed by atoms with E-state index in [1.54, 1.807) is 6.07 Å². The molecule has 1 atom stereocenters. The van der Waals surface area contributed by atoms with Crippen molar-refractivity contribution in [3.8, 4) is 6.07 Å². The molecule has 0 radical (unpaired) electrons.